The lowest BCUT2D eigenvalue weighted by Gasteiger charge is -2.31. The third-order valence-electron chi connectivity index (χ3n) is 5.66. The van der Waals surface area contributed by atoms with Gasteiger partial charge < -0.3 is 10.2 Å². The molecule has 0 spiro atoms. The molecule has 0 aromatic heterocycles. The van der Waals surface area contributed by atoms with E-state index < -0.39 is 6.04 Å². The fourth-order valence-electron chi connectivity index (χ4n) is 3.79. The van der Waals surface area contributed by atoms with Crippen molar-refractivity contribution in [2.75, 3.05) is 7.05 Å². The summed E-state index contributed by atoms with van der Waals surface area (Å²) in [5.74, 6) is -0.307. The molecule has 3 rings (SSSR count). The second-order valence-electron chi connectivity index (χ2n) is 8.04. The number of likely N-dealkylation sites (N-methyl/N-ethyl adjacent to an activating group) is 1. The summed E-state index contributed by atoms with van der Waals surface area (Å²) >= 11 is 6.42. The molecule has 32 heavy (non-hydrogen) atoms. The van der Waals surface area contributed by atoms with Gasteiger partial charge in [0.15, 0.2) is 0 Å². The molecule has 1 atom stereocenters. The van der Waals surface area contributed by atoms with Crippen LogP contribution in [-0.4, -0.2) is 29.8 Å². The summed E-state index contributed by atoms with van der Waals surface area (Å²) in [6.45, 7) is 4.27. The van der Waals surface area contributed by atoms with Crippen molar-refractivity contribution in [3.8, 4) is 0 Å². The monoisotopic (exact) mass is 448 g/mol. The number of carbonyl (C=O) groups excluding carboxylic acids is 2. The van der Waals surface area contributed by atoms with Crippen LogP contribution in [0, 0.1) is 13.8 Å². The Kier molecular flexibility index (Phi) is 8.07. The van der Waals surface area contributed by atoms with Gasteiger partial charge >= 0.3 is 0 Å². The van der Waals surface area contributed by atoms with Crippen LogP contribution in [0.25, 0.3) is 0 Å². The second kappa shape index (κ2) is 11.0. The number of carbonyl (C=O) groups is 2. The number of amides is 2. The summed E-state index contributed by atoms with van der Waals surface area (Å²) < 4.78 is 0. The molecular formula is C27H29ClN2O2. The number of hydrogen-bond acceptors (Lipinski definition) is 2. The molecule has 0 unspecified atom stereocenters. The zero-order valence-corrected chi connectivity index (χ0v) is 19.5. The van der Waals surface area contributed by atoms with Crippen LogP contribution in [0.4, 0.5) is 0 Å². The molecule has 0 heterocycles. The number of halogens is 1. The minimum absolute atomic E-state index is 0.108. The van der Waals surface area contributed by atoms with Gasteiger partial charge in [0.2, 0.25) is 11.8 Å². The first-order valence-electron chi connectivity index (χ1n) is 10.7. The fraction of sp³-hybridized carbons (Fsp3) is 0.259. The van der Waals surface area contributed by atoms with Gasteiger partial charge in [0.25, 0.3) is 0 Å². The number of aryl methyl sites for hydroxylation is 2. The van der Waals surface area contributed by atoms with Crippen molar-refractivity contribution in [2.45, 2.75) is 39.3 Å². The number of benzene rings is 3. The molecule has 2 amide bonds. The van der Waals surface area contributed by atoms with Crippen molar-refractivity contribution < 1.29 is 9.59 Å². The fourth-order valence-corrected chi connectivity index (χ4v) is 3.98. The molecule has 0 fully saturated rings. The summed E-state index contributed by atoms with van der Waals surface area (Å²) in [6.07, 6.45) is 0.643. The second-order valence-corrected chi connectivity index (χ2v) is 8.45. The number of rotatable bonds is 8. The van der Waals surface area contributed by atoms with E-state index in [4.69, 9.17) is 11.6 Å². The van der Waals surface area contributed by atoms with Crippen molar-refractivity contribution >= 4 is 23.4 Å². The van der Waals surface area contributed by atoms with Gasteiger partial charge in [-0.1, -0.05) is 83.9 Å². The van der Waals surface area contributed by atoms with Crippen molar-refractivity contribution in [1.29, 1.82) is 0 Å². The summed E-state index contributed by atoms with van der Waals surface area (Å²) in [5, 5.41) is 3.32. The Balaban J connectivity index is 1.98. The van der Waals surface area contributed by atoms with Gasteiger partial charge in [-0.05, 0) is 42.2 Å². The Bertz CT molecular complexity index is 1080. The molecule has 0 saturated carbocycles. The van der Waals surface area contributed by atoms with Crippen LogP contribution >= 0.6 is 11.6 Å². The van der Waals surface area contributed by atoms with E-state index in [1.807, 2.05) is 80.6 Å². The highest BCUT2D eigenvalue weighted by molar-refractivity contribution is 6.31. The SMILES string of the molecule is CNC(=O)[C@H](Cc1ccccc1)N(Cc1ccccc1Cl)C(=O)Cc1cc(C)ccc1C. The third kappa shape index (κ3) is 5.98. The predicted octanol–water partition coefficient (Wildman–Crippen LogP) is 4.89. The highest BCUT2D eigenvalue weighted by atomic mass is 35.5. The smallest absolute Gasteiger partial charge is 0.242 e. The Morgan fingerprint density at radius 1 is 0.938 bits per heavy atom. The van der Waals surface area contributed by atoms with Gasteiger partial charge in [-0.15, -0.1) is 0 Å². The van der Waals surface area contributed by atoms with E-state index in [0.29, 0.717) is 11.4 Å². The summed E-state index contributed by atoms with van der Waals surface area (Å²) in [6, 6.07) is 22.6. The third-order valence-corrected chi connectivity index (χ3v) is 6.03. The van der Waals surface area contributed by atoms with Gasteiger partial charge in [0.1, 0.15) is 6.04 Å². The predicted molar refractivity (Wildman–Crippen MR) is 130 cm³/mol. The van der Waals surface area contributed by atoms with Crippen LogP contribution in [0.2, 0.25) is 5.02 Å². The van der Waals surface area contributed by atoms with Gasteiger partial charge in [0.05, 0.1) is 6.42 Å². The first kappa shape index (κ1) is 23.6. The summed E-state index contributed by atoms with van der Waals surface area (Å²) in [4.78, 5) is 28.3. The molecule has 0 saturated heterocycles. The lowest BCUT2D eigenvalue weighted by atomic mass is 9.99. The van der Waals surface area contributed by atoms with E-state index >= 15 is 0 Å². The van der Waals surface area contributed by atoms with E-state index in [1.165, 1.54) is 0 Å². The molecule has 0 radical (unpaired) electrons. The molecule has 3 aromatic rings. The van der Waals surface area contributed by atoms with Crippen molar-refractivity contribution in [1.82, 2.24) is 10.2 Å². The molecule has 0 aliphatic carbocycles. The Morgan fingerprint density at radius 3 is 2.31 bits per heavy atom. The summed E-state index contributed by atoms with van der Waals surface area (Å²) in [5.41, 5.74) is 4.93. The van der Waals surface area contributed by atoms with Gasteiger partial charge in [-0.3, -0.25) is 9.59 Å². The quantitative estimate of drug-likeness (QED) is 0.533. The normalized spacial score (nSPS) is 11.6. The number of hydrogen-bond donors (Lipinski definition) is 1. The number of nitrogens with one attached hydrogen (secondary N) is 1. The Labute approximate surface area is 195 Å². The first-order chi connectivity index (χ1) is 15.4. The van der Waals surface area contributed by atoms with Crippen molar-refractivity contribution in [3.63, 3.8) is 0 Å². The maximum atomic E-state index is 13.6. The minimum Gasteiger partial charge on any atom is -0.357 e. The molecular weight excluding hydrogens is 420 g/mol. The number of nitrogens with zero attached hydrogens (tertiary/aromatic N) is 1. The summed E-state index contributed by atoms with van der Waals surface area (Å²) in [7, 11) is 1.60. The largest absolute Gasteiger partial charge is 0.357 e. The first-order valence-corrected chi connectivity index (χ1v) is 11.1. The van der Waals surface area contributed by atoms with Crippen LogP contribution in [0.3, 0.4) is 0 Å². The maximum absolute atomic E-state index is 13.6. The minimum atomic E-state index is -0.656. The van der Waals surface area contributed by atoms with E-state index in [2.05, 4.69) is 5.32 Å². The maximum Gasteiger partial charge on any atom is 0.242 e. The van der Waals surface area contributed by atoms with Crippen LogP contribution in [-0.2, 0) is 29.0 Å². The van der Waals surface area contributed by atoms with Crippen LogP contribution < -0.4 is 5.32 Å². The topological polar surface area (TPSA) is 49.4 Å². The molecule has 3 aromatic carbocycles. The van der Waals surface area contributed by atoms with Gasteiger partial charge in [0, 0.05) is 25.0 Å². The zero-order chi connectivity index (χ0) is 23.1. The highest BCUT2D eigenvalue weighted by Crippen LogP contribution is 2.22. The lowest BCUT2D eigenvalue weighted by molar-refractivity contribution is -0.140. The Morgan fingerprint density at radius 2 is 1.62 bits per heavy atom. The van der Waals surface area contributed by atoms with Crippen molar-refractivity contribution in [2.24, 2.45) is 0 Å². The Hall–Kier alpha value is -3.11. The molecule has 1 N–H and O–H groups in total. The average Bonchev–Trinajstić information content (AvgIpc) is 2.79. The standard InChI is InChI=1S/C27H29ClN2O2/c1-19-13-14-20(2)23(15-19)17-26(31)30(18-22-11-7-8-12-24(22)28)25(27(32)29-3)16-21-9-5-4-6-10-21/h4-15,25H,16-18H2,1-3H3,(H,29,32)/t25-/m0/s1. The van der Waals surface area contributed by atoms with E-state index in [0.717, 1.165) is 27.8 Å². The molecule has 4 nitrogen and oxygen atoms in total. The van der Waals surface area contributed by atoms with Gasteiger partial charge in [-0.2, -0.15) is 0 Å². The molecule has 0 bridgehead atoms. The van der Waals surface area contributed by atoms with Gasteiger partial charge in [-0.25, -0.2) is 0 Å². The zero-order valence-electron chi connectivity index (χ0n) is 18.8. The van der Waals surface area contributed by atoms with E-state index in [1.54, 1.807) is 18.0 Å². The van der Waals surface area contributed by atoms with Crippen LogP contribution in [0.1, 0.15) is 27.8 Å². The molecule has 5 heteroatoms. The van der Waals surface area contributed by atoms with Crippen LogP contribution in [0.5, 0.6) is 0 Å². The van der Waals surface area contributed by atoms with Crippen molar-refractivity contribution in [3.05, 3.63) is 106 Å². The highest BCUT2D eigenvalue weighted by Gasteiger charge is 2.30. The lowest BCUT2D eigenvalue weighted by Crippen LogP contribution is -2.50. The molecule has 0 aliphatic rings. The van der Waals surface area contributed by atoms with E-state index in [-0.39, 0.29) is 24.8 Å². The van der Waals surface area contributed by atoms with Crippen LogP contribution in [0.15, 0.2) is 72.8 Å². The molecule has 0 aliphatic heterocycles. The molecule has 166 valence electrons. The van der Waals surface area contributed by atoms with E-state index in [9.17, 15) is 9.59 Å². The average molecular weight is 449 g/mol.